The first kappa shape index (κ1) is 15.3. The molecule has 1 fully saturated rings. The fourth-order valence-corrected chi connectivity index (χ4v) is 4.81. The zero-order valence-corrected chi connectivity index (χ0v) is 14.1. The molecule has 0 aromatic carbocycles. The molecule has 1 heterocycles. The lowest BCUT2D eigenvalue weighted by molar-refractivity contribution is 0.152. The quantitative estimate of drug-likeness (QED) is 0.848. The number of hydrogen-bond donors (Lipinski definition) is 1. The van der Waals surface area contributed by atoms with Crippen LogP contribution in [0.15, 0.2) is 18.5 Å². The average molecular weight is 306 g/mol. The maximum atomic E-state index is 12.6. The number of pyridine rings is 1. The molecular formula is C17H26N2OS. The third-order valence-corrected chi connectivity index (χ3v) is 6.60. The molecule has 1 unspecified atom stereocenters. The van der Waals surface area contributed by atoms with Crippen molar-refractivity contribution in [2.75, 3.05) is 0 Å². The van der Waals surface area contributed by atoms with Gasteiger partial charge in [-0.25, -0.2) is 0 Å². The molecule has 3 rings (SSSR count). The summed E-state index contributed by atoms with van der Waals surface area (Å²) in [6.45, 7) is 6.09. The Morgan fingerprint density at radius 2 is 2.00 bits per heavy atom. The van der Waals surface area contributed by atoms with Crippen molar-refractivity contribution in [2.45, 2.75) is 70.1 Å². The van der Waals surface area contributed by atoms with Gasteiger partial charge in [-0.1, -0.05) is 19.3 Å². The third kappa shape index (κ3) is 2.86. The maximum Gasteiger partial charge on any atom is 0.136 e. The van der Waals surface area contributed by atoms with E-state index >= 15 is 0 Å². The Hall–Kier alpha value is -0.580. The highest BCUT2D eigenvalue weighted by atomic mass is 32.2. The number of fused-ring (bicyclic) bond motifs is 1. The van der Waals surface area contributed by atoms with Crippen LogP contribution in [0.4, 0.5) is 0 Å². The minimum Gasteiger partial charge on any atom is -0.598 e. The van der Waals surface area contributed by atoms with E-state index in [1.807, 2.05) is 33.2 Å². The summed E-state index contributed by atoms with van der Waals surface area (Å²) < 4.78 is 15.9. The molecule has 1 aromatic heterocycles. The van der Waals surface area contributed by atoms with Gasteiger partial charge in [0.1, 0.15) is 4.75 Å². The summed E-state index contributed by atoms with van der Waals surface area (Å²) in [6, 6.07) is 2.34. The molecule has 0 aliphatic heterocycles. The summed E-state index contributed by atoms with van der Waals surface area (Å²) in [7, 11) is 0. The second-order valence-electron chi connectivity index (χ2n) is 7.61. The lowest BCUT2D eigenvalue weighted by Gasteiger charge is -2.40. The van der Waals surface area contributed by atoms with E-state index in [2.05, 4.69) is 15.8 Å². The standard InChI is InChI=1S/C17H26N2OS/c1-16(2,3)21(20)19-15-14-12-18-10-7-13(14)11-17(15)8-5-4-6-9-17/h7,10,12,15,19H,4-6,8-9,11H2,1-3H3/t15-,21?/m1/s1. The summed E-state index contributed by atoms with van der Waals surface area (Å²) in [5.41, 5.74) is 2.93. The van der Waals surface area contributed by atoms with E-state index in [-0.39, 0.29) is 16.2 Å². The average Bonchev–Trinajstić information content (AvgIpc) is 2.72. The predicted octanol–water partition coefficient (Wildman–Crippen LogP) is 3.68. The van der Waals surface area contributed by atoms with E-state index < -0.39 is 11.4 Å². The van der Waals surface area contributed by atoms with Crippen LogP contribution in [0.5, 0.6) is 0 Å². The van der Waals surface area contributed by atoms with Gasteiger partial charge in [0, 0.05) is 23.8 Å². The third-order valence-electron chi connectivity index (χ3n) is 5.04. The maximum absolute atomic E-state index is 12.6. The largest absolute Gasteiger partial charge is 0.598 e. The highest BCUT2D eigenvalue weighted by Crippen LogP contribution is 2.54. The predicted molar refractivity (Wildman–Crippen MR) is 87.2 cm³/mol. The van der Waals surface area contributed by atoms with E-state index in [0.29, 0.717) is 0 Å². The Balaban J connectivity index is 1.92. The normalized spacial score (nSPS) is 25.8. The molecule has 4 heteroatoms. The summed E-state index contributed by atoms with van der Waals surface area (Å²) in [4.78, 5) is 4.32. The minimum absolute atomic E-state index is 0.196. The van der Waals surface area contributed by atoms with Gasteiger partial charge in [-0.3, -0.25) is 4.98 Å². The fourth-order valence-electron chi connectivity index (χ4n) is 3.86. The molecule has 2 atom stereocenters. The summed E-state index contributed by atoms with van der Waals surface area (Å²) in [6.07, 6.45) is 11.4. The Labute approximate surface area is 131 Å². The lowest BCUT2D eigenvalue weighted by Crippen LogP contribution is -2.46. The van der Waals surface area contributed by atoms with Crippen molar-refractivity contribution in [3.63, 3.8) is 0 Å². The Morgan fingerprint density at radius 3 is 2.67 bits per heavy atom. The van der Waals surface area contributed by atoms with Gasteiger partial charge in [0.25, 0.3) is 0 Å². The molecule has 0 amide bonds. The van der Waals surface area contributed by atoms with Gasteiger partial charge in [-0.2, -0.15) is 0 Å². The lowest BCUT2D eigenvalue weighted by atomic mass is 9.70. The first-order valence-corrected chi connectivity index (χ1v) is 9.18. The van der Waals surface area contributed by atoms with Gasteiger partial charge >= 0.3 is 0 Å². The first-order chi connectivity index (χ1) is 9.92. The highest BCUT2D eigenvalue weighted by Gasteiger charge is 2.49. The van der Waals surface area contributed by atoms with Crippen LogP contribution >= 0.6 is 0 Å². The van der Waals surface area contributed by atoms with Crippen LogP contribution in [-0.4, -0.2) is 14.3 Å². The Kier molecular flexibility index (Phi) is 4.06. The molecule has 0 saturated heterocycles. The van der Waals surface area contributed by atoms with Crippen LogP contribution in [0.3, 0.4) is 0 Å². The van der Waals surface area contributed by atoms with E-state index in [9.17, 15) is 4.55 Å². The van der Waals surface area contributed by atoms with Crippen molar-refractivity contribution < 1.29 is 4.55 Å². The molecular weight excluding hydrogens is 280 g/mol. The van der Waals surface area contributed by atoms with Gasteiger partial charge in [0.2, 0.25) is 0 Å². The van der Waals surface area contributed by atoms with Crippen LogP contribution < -0.4 is 4.72 Å². The van der Waals surface area contributed by atoms with Gasteiger partial charge in [0.05, 0.1) is 6.04 Å². The summed E-state index contributed by atoms with van der Waals surface area (Å²) in [5, 5.41) is 0. The zero-order chi connectivity index (χ0) is 15.1. The Bertz CT molecular complexity index is 506. The SMILES string of the molecule is CC(C)(C)[S+]([O-])N[C@@H]1c2cnccc2CC12CCCCC2. The zero-order valence-electron chi connectivity index (χ0n) is 13.3. The molecule has 1 N–H and O–H groups in total. The van der Waals surface area contributed by atoms with Crippen LogP contribution in [0.1, 0.15) is 70.0 Å². The second-order valence-corrected chi connectivity index (χ2v) is 9.60. The van der Waals surface area contributed by atoms with Crippen molar-refractivity contribution in [3.8, 4) is 0 Å². The molecule has 116 valence electrons. The van der Waals surface area contributed by atoms with Crippen molar-refractivity contribution >= 4 is 11.4 Å². The molecule has 0 radical (unpaired) electrons. The fraction of sp³-hybridized carbons (Fsp3) is 0.706. The van der Waals surface area contributed by atoms with Crippen LogP contribution in [-0.2, 0) is 17.8 Å². The monoisotopic (exact) mass is 306 g/mol. The van der Waals surface area contributed by atoms with E-state index in [1.165, 1.54) is 43.2 Å². The molecule has 0 bridgehead atoms. The molecule has 1 spiro atoms. The smallest absolute Gasteiger partial charge is 0.136 e. The van der Waals surface area contributed by atoms with Gasteiger partial charge in [-0.15, -0.1) is 4.72 Å². The van der Waals surface area contributed by atoms with Gasteiger partial charge in [0.15, 0.2) is 0 Å². The molecule has 1 aromatic rings. The van der Waals surface area contributed by atoms with E-state index in [4.69, 9.17) is 0 Å². The summed E-state index contributed by atoms with van der Waals surface area (Å²) >= 11 is -1.04. The van der Waals surface area contributed by atoms with Crippen molar-refractivity contribution in [1.82, 2.24) is 9.71 Å². The van der Waals surface area contributed by atoms with E-state index in [1.54, 1.807) is 0 Å². The second kappa shape index (κ2) is 5.56. The Morgan fingerprint density at radius 1 is 1.29 bits per heavy atom. The van der Waals surface area contributed by atoms with Crippen LogP contribution in [0.2, 0.25) is 0 Å². The highest BCUT2D eigenvalue weighted by molar-refractivity contribution is 7.90. The molecule has 1 saturated carbocycles. The number of nitrogens with one attached hydrogen (secondary N) is 1. The van der Waals surface area contributed by atoms with E-state index in [0.717, 1.165) is 6.42 Å². The number of hydrogen-bond acceptors (Lipinski definition) is 3. The minimum atomic E-state index is -1.04. The molecule has 2 aliphatic rings. The number of aromatic nitrogens is 1. The first-order valence-electron chi connectivity index (χ1n) is 8.03. The number of nitrogens with zero attached hydrogens (tertiary/aromatic N) is 1. The summed E-state index contributed by atoms with van der Waals surface area (Å²) in [5.74, 6) is 0. The van der Waals surface area contributed by atoms with Gasteiger partial charge < -0.3 is 4.55 Å². The van der Waals surface area contributed by atoms with Crippen LogP contribution in [0.25, 0.3) is 0 Å². The number of rotatable bonds is 2. The van der Waals surface area contributed by atoms with Gasteiger partial charge in [-0.05, 0) is 62.6 Å². The van der Waals surface area contributed by atoms with Crippen molar-refractivity contribution in [1.29, 1.82) is 0 Å². The topological polar surface area (TPSA) is 48.0 Å². The van der Waals surface area contributed by atoms with Crippen LogP contribution in [0, 0.1) is 5.41 Å². The van der Waals surface area contributed by atoms with Crippen molar-refractivity contribution in [2.24, 2.45) is 5.41 Å². The van der Waals surface area contributed by atoms with Crippen molar-refractivity contribution in [3.05, 3.63) is 29.6 Å². The molecule has 3 nitrogen and oxygen atoms in total. The molecule has 2 aliphatic carbocycles. The molecule has 21 heavy (non-hydrogen) atoms.